The smallest absolute Gasteiger partial charge is 0.347 e. The zero-order valence-electron chi connectivity index (χ0n) is 9.45. The monoisotopic (exact) mass is 241 g/mol. The molecule has 1 unspecified atom stereocenters. The molecule has 1 N–H and O–H groups in total. The zero-order chi connectivity index (χ0) is 11.8. The van der Waals surface area contributed by atoms with Crippen molar-refractivity contribution in [3.8, 4) is 0 Å². The SMILES string of the molecule is Cc1nc(C2(C)CCCCO2)sc1C(=O)O. The number of carbonyl (C=O) groups is 1. The van der Waals surface area contributed by atoms with Crippen LogP contribution in [0.3, 0.4) is 0 Å². The van der Waals surface area contributed by atoms with E-state index in [9.17, 15) is 4.79 Å². The zero-order valence-corrected chi connectivity index (χ0v) is 10.3. The number of carboxylic acid groups (broad SMARTS) is 1. The second-order valence-corrected chi connectivity index (χ2v) is 5.27. The van der Waals surface area contributed by atoms with Crippen LogP contribution in [0.25, 0.3) is 0 Å². The maximum absolute atomic E-state index is 11.0. The fourth-order valence-electron chi connectivity index (χ4n) is 1.92. The van der Waals surface area contributed by atoms with Crippen molar-refractivity contribution in [2.24, 2.45) is 0 Å². The summed E-state index contributed by atoms with van der Waals surface area (Å²) in [6.07, 6.45) is 3.10. The van der Waals surface area contributed by atoms with Crippen molar-refractivity contribution in [3.05, 3.63) is 15.6 Å². The molecule has 1 aliphatic rings. The van der Waals surface area contributed by atoms with Gasteiger partial charge in [-0.2, -0.15) is 0 Å². The first-order valence-electron chi connectivity index (χ1n) is 5.38. The average Bonchev–Trinajstić information content (AvgIpc) is 2.62. The number of aromatic nitrogens is 1. The van der Waals surface area contributed by atoms with E-state index in [-0.39, 0.29) is 5.60 Å². The lowest BCUT2D eigenvalue weighted by atomic mass is 9.97. The normalized spacial score (nSPS) is 25.6. The van der Waals surface area contributed by atoms with Gasteiger partial charge < -0.3 is 9.84 Å². The summed E-state index contributed by atoms with van der Waals surface area (Å²) in [5.74, 6) is -0.902. The van der Waals surface area contributed by atoms with E-state index in [0.717, 1.165) is 30.9 Å². The van der Waals surface area contributed by atoms with Gasteiger partial charge in [0.25, 0.3) is 0 Å². The highest BCUT2D eigenvalue weighted by molar-refractivity contribution is 7.13. The molecule has 0 radical (unpaired) electrons. The Hall–Kier alpha value is -0.940. The maximum Gasteiger partial charge on any atom is 0.347 e. The van der Waals surface area contributed by atoms with Crippen LogP contribution in [-0.2, 0) is 10.3 Å². The van der Waals surface area contributed by atoms with Gasteiger partial charge in [-0.15, -0.1) is 11.3 Å². The highest BCUT2D eigenvalue weighted by atomic mass is 32.1. The number of nitrogens with zero attached hydrogens (tertiary/aromatic N) is 1. The Morgan fingerprint density at radius 2 is 2.31 bits per heavy atom. The van der Waals surface area contributed by atoms with Crippen LogP contribution >= 0.6 is 11.3 Å². The summed E-state index contributed by atoms with van der Waals surface area (Å²) >= 11 is 1.24. The first kappa shape index (κ1) is 11.5. The van der Waals surface area contributed by atoms with Crippen molar-refractivity contribution in [1.82, 2.24) is 4.98 Å². The number of aromatic carboxylic acids is 1. The van der Waals surface area contributed by atoms with Crippen LogP contribution in [0.15, 0.2) is 0 Å². The lowest BCUT2D eigenvalue weighted by molar-refractivity contribution is -0.0702. The highest BCUT2D eigenvalue weighted by Gasteiger charge is 2.34. The van der Waals surface area contributed by atoms with Crippen LogP contribution in [0.4, 0.5) is 0 Å². The maximum atomic E-state index is 11.0. The summed E-state index contributed by atoms with van der Waals surface area (Å²) in [6, 6.07) is 0. The van der Waals surface area contributed by atoms with E-state index in [4.69, 9.17) is 9.84 Å². The molecule has 5 heteroatoms. The first-order valence-corrected chi connectivity index (χ1v) is 6.20. The largest absolute Gasteiger partial charge is 0.477 e. The van der Waals surface area contributed by atoms with Crippen molar-refractivity contribution >= 4 is 17.3 Å². The van der Waals surface area contributed by atoms with Gasteiger partial charge in [-0.05, 0) is 33.1 Å². The van der Waals surface area contributed by atoms with Crippen LogP contribution < -0.4 is 0 Å². The van der Waals surface area contributed by atoms with Gasteiger partial charge in [-0.25, -0.2) is 9.78 Å². The minimum absolute atomic E-state index is 0.324. The molecular formula is C11H15NO3S. The molecule has 4 nitrogen and oxygen atoms in total. The quantitative estimate of drug-likeness (QED) is 0.864. The summed E-state index contributed by atoms with van der Waals surface area (Å²) < 4.78 is 5.75. The van der Waals surface area contributed by atoms with Crippen LogP contribution in [0, 0.1) is 6.92 Å². The standard InChI is InChI=1S/C11H15NO3S/c1-7-8(9(13)14)16-10(12-7)11(2)5-3-4-6-15-11/h3-6H2,1-2H3,(H,13,14). The van der Waals surface area contributed by atoms with Crippen molar-refractivity contribution in [2.75, 3.05) is 6.61 Å². The molecule has 1 aromatic rings. The van der Waals surface area contributed by atoms with E-state index in [2.05, 4.69) is 4.98 Å². The number of ether oxygens (including phenoxy) is 1. The highest BCUT2D eigenvalue weighted by Crippen LogP contribution is 2.37. The van der Waals surface area contributed by atoms with Gasteiger partial charge in [-0.1, -0.05) is 0 Å². The minimum Gasteiger partial charge on any atom is -0.477 e. The summed E-state index contributed by atoms with van der Waals surface area (Å²) in [7, 11) is 0. The third kappa shape index (κ3) is 1.97. The van der Waals surface area contributed by atoms with Crippen LogP contribution in [0.5, 0.6) is 0 Å². The molecule has 1 aromatic heterocycles. The minimum atomic E-state index is -0.902. The van der Waals surface area contributed by atoms with Gasteiger partial charge in [0.15, 0.2) is 0 Å². The molecule has 2 rings (SSSR count). The first-order chi connectivity index (χ1) is 7.53. The Morgan fingerprint density at radius 3 is 2.81 bits per heavy atom. The molecule has 0 aromatic carbocycles. The lowest BCUT2D eigenvalue weighted by Crippen LogP contribution is -2.29. The average molecular weight is 241 g/mol. The lowest BCUT2D eigenvalue weighted by Gasteiger charge is -2.31. The van der Waals surface area contributed by atoms with Crippen LogP contribution in [0.1, 0.15) is 46.6 Å². The molecule has 88 valence electrons. The molecule has 1 saturated heterocycles. The fraction of sp³-hybridized carbons (Fsp3) is 0.636. The Bertz CT molecular complexity index is 407. The second kappa shape index (κ2) is 4.14. The molecule has 16 heavy (non-hydrogen) atoms. The molecule has 0 saturated carbocycles. The van der Waals surface area contributed by atoms with Crippen molar-refractivity contribution in [2.45, 2.75) is 38.7 Å². The van der Waals surface area contributed by atoms with Gasteiger partial charge >= 0.3 is 5.97 Å². The molecule has 1 atom stereocenters. The summed E-state index contributed by atoms with van der Waals surface area (Å²) in [5.41, 5.74) is 0.198. The third-order valence-corrected chi connectivity index (χ3v) is 4.30. The molecule has 1 aliphatic heterocycles. The third-order valence-electron chi connectivity index (χ3n) is 2.91. The van der Waals surface area contributed by atoms with E-state index in [0.29, 0.717) is 10.6 Å². The molecule has 1 fully saturated rings. The van der Waals surface area contributed by atoms with Gasteiger partial charge in [-0.3, -0.25) is 0 Å². The Labute approximate surface area is 98.3 Å². The molecular weight excluding hydrogens is 226 g/mol. The molecule has 0 spiro atoms. The summed E-state index contributed by atoms with van der Waals surface area (Å²) in [6.45, 7) is 4.46. The summed E-state index contributed by atoms with van der Waals surface area (Å²) in [4.78, 5) is 15.6. The van der Waals surface area contributed by atoms with Gasteiger partial charge in [0.05, 0.1) is 5.69 Å². The fourth-order valence-corrected chi connectivity index (χ4v) is 2.96. The molecule has 0 amide bonds. The second-order valence-electron chi connectivity index (χ2n) is 4.28. The molecule has 2 heterocycles. The Kier molecular flexibility index (Phi) is 2.99. The number of carboxylic acids is 1. The van der Waals surface area contributed by atoms with E-state index >= 15 is 0 Å². The number of rotatable bonds is 2. The molecule has 0 aliphatic carbocycles. The predicted molar refractivity (Wildman–Crippen MR) is 61.0 cm³/mol. The number of thiazole rings is 1. The van der Waals surface area contributed by atoms with E-state index < -0.39 is 5.97 Å². The van der Waals surface area contributed by atoms with Gasteiger partial charge in [0.1, 0.15) is 15.5 Å². The number of hydrogen-bond acceptors (Lipinski definition) is 4. The number of aryl methyl sites for hydroxylation is 1. The Morgan fingerprint density at radius 1 is 1.56 bits per heavy atom. The van der Waals surface area contributed by atoms with Crippen molar-refractivity contribution in [1.29, 1.82) is 0 Å². The topological polar surface area (TPSA) is 59.4 Å². The predicted octanol–water partition coefficient (Wildman–Crippen LogP) is 2.57. The van der Waals surface area contributed by atoms with Gasteiger partial charge in [0, 0.05) is 6.61 Å². The van der Waals surface area contributed by atoms with Crippen LogP contribution in [0.2, 0.25) is 0 Å². The van der Waals surface area contributed by atoms with Crippen LogP contribution in [-0.4, -0.2) is 22.7 Å². The Balaban J connectivity index is 2.33. The summed E-state index contributed by atoms with van der Waals surface area (Å²) in [5, 5.41) is 9.78. The van der Waals surface area contributed by atoms with Crippen molar-refractivity contribution in [3.63, 3.8) is 0 Å². The van der Waals surface area contributed by atoms with Crippen molar-refractivity contribution < 1.29 is 14.6 Å². The molecule has 0 bridgehead atoms. The van der Waals surface area contributed by atoms with Gasteiger partial charge in [0.2, 0.25) is 0 Å². The van der Waals surface area contributed by atoms with E-state index in [1.54, 1.807) is 6.92 Å². The van der Waals surface area contributed by atoms with E-state index in [1.807, 2.05) is 6.92 Å². The van der Waals surface area contributed by atoms with E-state index in [1.165, 1.54) is 11.3 Å². The number of hydrogen-bond donors (Lipinski definition) is 1.